The fourth-order valence-corrected chi connectivity index (χ4v) is 3.54. The van der Waals surface area contributed by atoms with Crippen molar-refractivity contribution in [3.05, 3.63) is 0 Å². The molecule has 15 nitrogen and oxygen atoms in total. The van der Waals surface area contributed by atoms with Crippen molar-refractivity contribution in [1.82, 2.24) is 0 Å². The van der Waals surface area contributed by atoms with Gasteiger partial charge in [0.25, 0.3) is 0 Å². The molecular formula is C13H23NO14S. The molecule has 16 heteroatoms. The first kappa shape index (κ1) is 24.3. The Morgan fingerprint density at radius 3 is 2.17 bits per heavy atom. The number of hydrogen-bond donors (Lipinski definition) is 7. The maximum absolute atomic E-state index is 11.3. The number of aliphatic hydroxyl groups is 4. The highest BCUT2D eigenvalue weighted by Gasteiger charge is 2.53. The van der Waals surface area contributed by atoms with Crippen molar-refractivity contribution >= 4 is 16.4 Å². The third-order valence-corrected chi connectivity index (χ3v) is 4.91. The third-order valence-electron chi connectivity index (χ3n) is 4.44. The summed E-state index contributed by atoms with van der Waals surface area (Å²) < 4.78 is 55.5. The molecule has 0 aromatic carbocycles. The minimum atomic E-state index is -5.22. The van der Waals surface area contributed by atoms with Crippen molar-refractivity contribution < 1.29 is 66.4 Å². The van der Waals surface area contributed by atoms with E-state index in [0.717, 1.165) is 0 Å². The summed E-state index contributed by atoms with van der Waals surface area (Å²) in [5.41, 5.74) is 5.75. The van der Waals surface area contributed by atoms with Crippen molar-refractivity contribution in [2.45, 2.75) is 61.3 Å². The molecule has 0 radical (unpaired) electrons. The number of aliphatic hydroxyl groups excluding tert-OH is 4. The lowest BCUT2D eigenvalue weighted by Crippen LogP contribution is -2.67. The first-order valence-corrected chi connectivity index (χ1v) is 9.56. The average molecular weight is 449 g/mol. The summed E-state index contributed by atoms with van der Waals surface area (Å²) in [6, 6.07) is -1.18. The molecule has 2 fully saturated rings. The van der Waals surface area contributed by atoms with E-state index in [-0.39, 0.29) is 0 Å². The van der Waals surface area contributed by atoms with Gasteiger partial charge in [-0.1, -0.05) is 0 Å². The van der Waals surface area contributed by atoms with Gasteiger partial charge in [0.05, 0.1) is 12.6 Å². The van der Waals surface area contributed by atoms with Gasteiger partial charge in [0.2, 0.25) is 0 Å². The lowest BCUT2D eigenvalue weighted by molar-refractivity contribution is -0.339. The molecule has 0 unspecified atom stereocenters. The average Bonchev–Trinajstić information content (AvgIpc) is 2.63. The van der Waals surface area contributed by atoms with Gasteiger partial charge in [-0.25, -0.2) is 8.98 Å². The van der Waals surface area contributed by atoms with Crippen molar-refractivity contribution in [2.75, 3.05) is 13.7 Å². The maximum Gasteiger partial charge on any atom is 0.397 e. The molecule has 0 saturated carbocycles. The highest BCUT2D eigenvalue weighted by molar-refractivity contribution is 7.80. The van der Waals surface area contributed by atoms with Crippen LogP contribution in [-0.4, -0.2) is 120 Å². The lowest BCUT2D eigenvalue weighted by atomic mass is 9.96. The Labute approximate surface area is 164 Å². The van der Waals surface area contributed by atoms with Gasteiger partial charge in [0, 0.05) is 7.11 Å². The number of aliphatic carboxylic acids is 1. The molecule has 2 heterocycles. The summed E-state index contributed by atoms with van der Waals surface area (Å²) in [5, 5.41) is 49.2. The zero-order chi connectivity index (χ0) is 22.1. The predicted octanol–water partition coefficient (Wildman–Crippen LogP) is -4.86. The molecule has 0 aliphatic carbocycles. The number of carbonyl (C=O) groups is 1. The minimum Gasteiger partial charge on any atom is -0.479 e. The molecule has 2 aliphatic rings. The summed E-state index contributed by atoms with van der Waals surface area (Å²) in [6.07, 6.45) is -16.1. The van der Waals surface area contributed by atoms with Crippen LogP contribution in [0, 0.1) is 0 Å². The van der Waals surface area contributed by atoms with Gasteiger partial charge in [-0.15, -0.1) is 0 Å². The second-order valence-corrected chi connectivity index (χ2v) is 7.41. The maximum atomic E-state index is 11.3. The molecule has 0 aromatic rings. The Morgan fingerprint density at radius 1 is 1.07 bits per heavy atom. The Morgan fingerprint density at radius 2 is 1.69 bits per heavy atom. The number of methoxy groups -OCH3 is 1. The van der Waals surface area contributed by atoms with Gasteiger partial charge in [0.15, 0.2) is 18.7 Å². The third kappa shape index (κ3) is 5.37. The van der Waals surface area contributed by atoms with Crippen LogP contribution < -0.4 is 5.73 Å². The Hall–Kier alpha value is -1.02. The molecule has 2 saturated heterocycles. The number of carboxylic acids is 1. The Kier molecular flexibility index (Phi) is 7.87. The van der Waals surface area contributed by atoms with Crippen LogP contribution in [0.25, 0.3) is 0 Å². The van der Waals surface area contributed by atoms with E-state index >= 15 is 0 Å². The van der Waals surface area contributed by atoms with E-state index in [2.05, 4.69) is 4.18 Å². The summed E-state index contributed by atoms with van der Waals surface area (Å²) in [6.45, 7) is -0.715. The lowest BCUT2D eigenvalue weighted by Gasteiger charge is -2.46. The van der Waals surface area contributed by atoms with E-state index in [1.807, 2.05) is 0 Å². The number of carboxylic acid groups (broad SMARTS) is 1. The predicted molar refractivity (Wildman–Crippen MR) is 86.3 cm³/mol. The first-order chi connectivity index (χ1) is 13.4. The van der Waals surface area contributed by atoms with E-state index in [1.165, 1.54) is 7.11 Å². The standard InChI is InChI=1S/C13H23NO14S/c1-24-12-4(14)5(16)8(3(2-15)25-12)26-13-7(18)9(28-29(21,22)23)6(17)10(27-13)11(19)20/h3-10,12-13,15-18H,2,14H2,1H3,(H,19,20)(H,21,22,23)/t3-,4-,5-,6+,7-,8-,9+,10+,12+,13-/m1/s1. The second kappa shape index (κ2) is 9.41. The summed E-state index contributed by atoms with van der Waals surface area (Å²) in [5.74, 6) is -1.77. The molecular weight excluding hydrogens is 426 g/mol. The SMILES string of the molecule is CO[C@H]1O[C@H](CO)[C@@H](O[C@@H]2O[C@H](C(=O)O)[C@@H](O)[C@H](OS(=O)(=O)O)[C@H]2O)[C@H](O)[C@H]1N. The van der Waals surface area contributed by atoms with Crippen LogP contribution in [0.2, 0.25) is 0 Å². The molecule has 0 spiro atoms. The molecule has 170 valence electrons. The van der Waals surface area contributed by atoms with Crippen LogP contribution in [0.15, 0.2) is 0 Å². The van der Waals surface area contributed by atoms with Crippen molar-refractivity contribution in [3.63, 3.8) is 0 Å². The van der Waals surface area contributed by atoms with Gasteiger partial charge < -0.3 is 50.2 Å². The van der Waals surface area contributed by atoms with Gasteiger partial charge in [-0.3, -0.25) is 4.55 Å². The van der Waals surface area contributed by atoms with Crippen LogP contribution >= 0.6 is 0 Å². The molecule has 0 bridgehead atoms. The molecule has 0 amide bonds. The zero-order valence-electron chi connectivity index (χ0n) is 14.9. The molecule has 29 heavy (non-hydrogen) atoms. The normalized spacial score (nSPS) is 43.8. The van der Waals surface area contributed by atoms with E-state index in [1.54, 1.807) is 0 Å². The highest BCUT2D eigenvalue weighted by atomic mass is 32.3. The van der Waals surface area contributed by atoms with Gasteiger partial charge in [0.1, 0.15) is 36.6 Å². The number of ether oxygens (including phenoxy) is 4. The van der Waals surface area contributed by atoms with E-state index in [4.69, 9.17) is 34.3 Å². The fourth-order valence-electron chi connectivity index (χ4n) is 3.03. The largest absolute Gasteiger partial charge is 0.479 e. The minimum absolute atomic E-state index is 0.715. The highest BCUT2D eigenvalue weighted by Crippen LogP contribution is 2.30. The van der Waals surface area contributed by atoms with Crippen LogP contribution in [0.5, 0.6) is 0 Å². The van der Waals surface area contributed by atoms with Gasteiger partial charge >= 0.3 is 16.4 Å². The number of nitrogens with two attached hydrogens (primary N) is 1. The number of hydrogen-bond acceptors (Lipinski definition) is 13. The Balaban J connectivity index is 2.27. The van der Waals surface area contributed by atoms with Gasteiger partial charge in [-0.05, 0) is 0 Å². The monoisotopic (exact) mass is 449 g/mol. The molecule has 8 N–H and O–H groups in total. The van der Waals surface area contributed by atoms with Crippen LogP contribution in [0.1, 0.15) is 0 Å². The van der Waals surface area contributed by atoms with Crippen LogP contribution in [0.4, 0.5) is 0 Å². The van der Waals surface area contributed by atoms with Crippen molar-refractivity contribution in [1.29, 1.82) is 0 Å². The zero-order valence-corrected chi connectivity index (χ0v) is 15.7. The van der Waals surface area contributed by atoms with E-state index in [0.29, 0.717) is 0 Å². The summed E-state index contributed by atoms with van der Waals surface area (Å²) in [4.78, 5) is 11.3. The molecule has 2 aliphatic heterocycles. The first-order valence-electron chi connectivity index (χ1n) is 8.19. The molecule has 10 atom stereocenters. The van der Waals surface area contributed by atoms with Crippen molar-refractivity contribution in [3.8, 4) is 0 Å². The van der Waals surface area contributed by atoms with Crippen LogP contribution in [-0.2, 0) is 38.3 Å². The topological polar surface area (TPSA) is 245 Å². The van der Waals surface area contributed by atoms with E-state index < -0.39 is 84.3 Å². The van der Waals surface area contributed by atoms with E-state index in [9.17, 15) is 33.6 Å². The van der Waals surface area contributed by atoms with Crippen LogP contribution in [0.3, 0.4) is 0 Å². The quantitative estimate of drug-likeness (QED) is 0.180. The Bertz CT molecular complexity index is 672. The second-order valence-electron chi connectivity index (χ2n) is 6.36. The summed E-state index contributed by atoms with van der Waals surface area (Å²) >= 11 is 0. The van der Waals surface area contributed by atoms with Gasteiger partial charge in [-0.2, -0.15) is 8.42 Å². The fraction of sp³-hybridized carbons (Fsp3) is 0.923. The number of rotatable bonds is 7. The molecule has 0 aromatic heterocycles. The molecule has 2 rings (SSSR count). The smallest absolute Gasteiger partial charge is 0.397 e. The summed E-state index contributed by atoms with van der Waals surface area (Å²) in [7, 11) is -3.98. The van der Waals surface area contributed by atoms with Crippen molar-refractivity contribution in [2.24, 2.45) is 5.73 Å².